The van der Waals surface area contributed by atoms with Crippen molar-refractivity contribution in [3.05, 3.63) is 115 Å². The minimum Gasteiger partial charge on any atom is -0.283 e. The van der Waals surface area contributed by atoms with Crippen LogP contribution in [0, 0.1) is 0 Å². The highest BCUT2D eigenvalue weighted by Crippen LogP contribution is 2.46. The Balaban J connectivity index is 1.64. The molecule has 0 aliphatic heterocycles. The first-order valence-corrected chi connectivity index (χ1v) is 11.0. The van der Waals surface area contributed by atoms with Crippen molar-refractivity contribution in [2.75, 3.05) is 0 Å². The van der Waals surface area contributed by atoms with E-state index in [1.54, 1.807) is 6.20 Å². The van der Waals surface area contributed by atoms with Crippen LogP contribution in [0.5, 0.6) is 0 Å². The first-order valence-electron chi connectivity index (χ1n) is 9.55. The maximum atomic E-state index is 4.81. The van der Waals surface area contributed by atoms with E-state index in [1.807, 2.05) is 24.4 Å². The Morgan fingerprint density at radius 2 is 1.54 bits per heavy atom. The summed E-state index contributed by atoms with van der Waals surface area (Å²) < 4.78 is 0. The molecule has 0 bridgehead atoms. The largest absolute Gasteiger partial charge is 0.283 e. The van der Waals surface area contributed by atoms with Crippen molar-refractivity contribution in [1.82, 2.24) is 4.98 Å². The molecule has 1 aliphatic carbocycles. The number of pyridine rings is 1. The van der Waals surface area contributed by atoms with Crippen LogP contribution in [0.25, 0.3) is 0 Å². The molecule has 2 atom stereocenters. The second-order valence-corrected chi connectivity index (χ2v) is 9.08. The molecule has 2 aromatic carbocycles. The van der Waals surface area contributed by atoms with Crippen LogP contribution in [-0.4, -0.2) is 22.9 Å². The third-order valence-corrected chi connectivity index (χ3v) is 7.61. The van der Waals surface area contributed by atoms with Crippen molar-refractivity contribution in [3.63, 3.8) is 0 Å². The van der Waals surface area contributed by atoms with Gasteiger partial charge in [0.05, 0.1) is 11.7 Å². The van der Waals surface area contributed by atoms with Crippen LogP contribution in [0.15, 0.2) is 114 Å². The zero-order valence-corrected chi connectivity index (χ0v) is 16.8. The summed E-state index contributed by atoms with van der Waals surface area (Å²) in [7, 11) is -0.533. The van der Waals surface area contributed by atoms with Gasteiger partial charge in [0.15, 0.2) is 0 Å². The number of nitrogens with zero attached hydrogens (tertiary/aromatic N) is 2. The van der Waals surface area contributed by atoms with Crippen LogP contribution in [-0.2, 0) is 0 Å². The monoisotopic (exact) mass is 382 g/mol. The van der Waals surface area contributed by atoms with Gasteiger partial charge < -0.3 is 0 Å². The van der Waals surface area contributed by atoms with Gasteiger partial charge in [-0.3, -0.25) is 9.98 Å². The summed E-state index contributed by atoms with van der Waals surface area (Å²) in [4.78, 5) is 9.16. The van der Waals surface area contributed by atoms with Gasteiger partial charge in [0, 0.05) is 18.1 Å². The summed E-state index contributed by atoms with van der Waals surface area (Å²) in [5.41, 5.74) is 2.62. The second-order valence-electron chi connectivity index (χ2n) is 6.75. The summed E-state index contributed by atoms with van der Waals surface area (Å²) in [5.74, 6) is 0. The number of aliphatic imine (C=N–C) groups is 1. The molecule has 1 aliphatic rings. The number of hydrogen-bond acceptors (Lipinski definition) is 2. The third kappa shape index (κ3) is 4.18. The number of rotatable bonds is 6. The number of benzene rings is 2. The number of hydrogen-bond donors (Lipinski definition) is 0. The van der Waals surface area contributed by atoms with E-state index in [9.17, 15) is 0 Å². The average molecular weight is 382 g/mol. The van der Waals surface area contributed by atoms with E-state index in [4.69, 9.17) is 4.99 Å². The van der Waals surface area contributed by atoms with Crippen LogP contribution in [0.1, 0.15) is 12.6 Å². The molecule has 3 aromatic rings. The maximum Gasteiger partial charge on any atom is 0.0808 e. The molecule has 0 radical (unpaired) electrons. The zero-order valence-electron chi connectivity index (χ0n) is 15.9. The lowest BCUT2D eigenvalue weighted by Gasteiger charge is -2.28. The van der Waals surface area contributed by atoms with Crippen LogP contribution in [0.3, 0.4) is 0 Å². The van der Waals surface area contributed by atoms with Crippen LogP contribution >= 0.6 is 7.92 Å². The molecule has 0 spiro atoms. The summed E-state index contributed by atoms with van der Waals surface area (Å²) in [6, 6.07) is 27.7. The summed E-state index contributed by atoms with van der Waals surface area (Å²) in [6.07, 6.45) is 10.5. The molecule has 4 rings (SSSR count). The molecule has 3 heteroatoms. The zero-order chi connectivity index (χ0) is 19.2. The van der Waals surface area contributed by atoms with E-state index in [2.05, 4.69) is 90.8 Å². The van der Waals surface area contributed by atoms with Gasteiger partial charge in [0.1, 0.15) is 0 Å². The van der Waals surface area contributed by atoms with Crippen molar-refractivity contribution in [1.29, 1.82) is 0 Å². The van der Waals surface area contributed by atoms with Gasteiger partial charge in [-0.25, -0.2) is 0 Å². The fraction of sp³-hybridized carbons (Fsp3) is 0.120. The van der Waals surface area contributed by atoms with E-state index < -0.39 is 7.92 Å². The van der Waals surface area contributed by atoms with Gasteiger partial charge >= 0.3 is 0 Å². The highest BCUT2D eigenvalue weighted by Gasteiger charge is 2.29. The number of allylic oxidation sites excluding steroid dienone is 3. The van der Waals surface area contributed by atoms with E-state index in [-0.39, 0.29) is 6.04 Å². The van der Waals surface area contributed by atoms with Crippen LogP contribution in [0.2, 0.25) is 0 Å². The Labute approximate surface area is 168 Å². The summed E-state index contributed by atoms with van der Waals surface area (Å²) in [6.45, 7) is 2.18. The highest BCUT2D eigenvalue weighted by molar-refractivity contribution is 7.74. The predicted molar refractivity (Wildman–Crippen MR) is 121 cm³/mol. The third-order valence-electron chi connectivity index (χ3n) is 4.87. The topological polar surface area (TPSA) is 25.2 Å². The number of aromatic nitrogens is 1. The first kappa shape index (κ1) is 18.5. The molecule has 0 saturated carbocycles. The fourth-order valence-electron chi connectivity index (χ4n) is 3.48. The van der Waals surface area contributed by atoms with Crippen molar-refractivity contribution in [3.8, 4) is 0 Å². The molecule has 1 unspecified atom stereocenters. The molecule has 28 heavy (non-hydrogen) atoms. The lowest BCUT2D eigenvalue weighted by Crippen LogP contribution is -2.24. The van der Waals surface area contributed by atoms with Gasteiger partial charge in [0.25, 0.3) is 0 Å². The van der Waals surface area contributed by atoms with Gasteiger partial charge in [0.2, 0.25) is 0 Å². The molecule has 2 nitrogen and oxygen atoms in total. The van der Waals surface area contributed by atoms with Crippen LogP contribution < -0.4 is 10.6 Å². The van der Waals surface area contributed by atoms with Gasteiger partial charge in [-0.1, -0.05) is 85.0 Å². The Kier molecular flexibility index (Phi) is 5.89. The quantitative estimate of drug-likeness (QED) is 0.440. The molecule has 138 valence electrons. The van der Waals surface area contributed by atoms with E-state index in [1.165, 1.54) is 16.2 Å². The molecule has 0 saturated heterocycles. The summed E-state index contributed by atoms with van der Waals surface area (Å²) in [5, 5.41) is 2.79. The lowest BCUT2D eigenvalue weighted by molar-refractivity contribution is 0.850. The SMILES string of the molecule is C[C@@H](N=Cc1ccccn1)C1=CC=CC1P(c1ccccc1)c1ccccc1. The van der Waals surface area contributed by atoms with Gasteiger partial charge in [-0.2, -0.15) is 0 Å². The highest BCUT2D eigenvalue weighted by atomic mass is 31.1. The minimum absolute atomic E-state index is 0.111. The van der Waals surface area contributed by atoms with Gasteiger partial charge in [-0.15, -0.1) is 0 Å². The lowest BCUT2D eigenvalue weighted by atomic mass is 10.1. The smallest absolute Gasteiger partial charge is 0.0808 e. The van der Waals surface area contributed by atoms with Crippen LogP contribution in [0.4, 0.5) is 0 Å². The Hall–Kier alpha value is -2.83. The maximum absolute atomic E-state index is 4.81. The molecule has 0 N–H and O–H groups in total. The van der Waals surface area contributed by atoms with Crippen molar-refractivity contribution < 1.29 is 0 Å². The first-order chi connectivity index (χ1) is 13.8. The van der Waals surface area contributed by atoms with Crippen molar-refractivity contribution in [2.45, 2.75) is 18.6 Å². The average Bonchev–Trinajstić information content (AvgIpc) is 3.24. The van der Waals surface area contributed by atoms with Crippen molar-refractivity contribution in [2.24, 2.45) is 4.99 Å². The Morgan fingerprint density at radius 3 is 2.14 bits per heavy atom. The second kappa shape index (κ2) is 8.91. The molecular formula is C25H23N2P. The fourth-order valence-corrected chi connectivity index (χ4v) is 6.28. The predicted octanol–water partition coefficient (Wildman–Crippen LogP) is 4.89. The van der Waals surface area contributed by atoms with E-state index in [0.717, 1.165) is 5.69 Å². The minimum atomic E-state index is -0.533. The van der Waals surface area contributed by atoms with E-state index >= 15 is 0 Å². The molecule has 1 aromatic heterocycles. The van der Waals surface area contributed by atoms with Gasteiger partial charge in [-0.05, 0) is 43.2 Å². The Morgan fingerprint density at radius 1 is 0.893 bits per heavy atom. The summed E-state index contributed by atoms with van der Waals surface area (Å²) >= 11 is 0. The molecule has 0 amide bonds. The van der Waals surface area contributed by atoms with Crippen molar-refractivity contribution >= 4 is 24.7 Å². The standard InChI is InChI=1S/C25H23N2P/c1-20(27-19-21-11-8-9-18-26-21)24-16-10-17-25(24)28(22-12-4-2-5-13-22)23-14-6-3-7-15-23/h2-20,25H,1H3/t20-,25?/m1/s1. The Bertz CT molecular complexity index is 939. The normalized spacial score (nSPS) is 17.2. The van der Waals surface area contributed by atoms with E-state index in [0.29, 0.717) is 5.66 Å². The molecular weight excluding hydrogens is 359 g/mol. The molecule has 1 heterocycles. The molecule has 0 fully saturated rings.